The minimum atomic E-state index is 0.567. The summed E-state index contributed by atoms with van der Waals surface area (Å²) in [6.07, 6.45) is 5.79. The molecular weight excluding hydrogens is 232 g/mol. The molecule has 2 heterocycles. The number of thiazole rings is 1. The van der Waals surface area contributed by atoms with Gasteiger partial charge in [-0.25, -0.2) is 4.98 Å². The lowest BCUT2D eigenvalue weighted by Crippen LogP contribution is -1.83. The van der Waals surface area contributed by atoms with Gasteiger partial charge in [0.25, 0.3) is 0 Å². The maximum atomic E-state index is 9.15. The molecule has 84 valence electrons. The first-order valence-electron chi connectivity index (χ1n) is 5.48. The van der Waals surface area contributed by atoms with Crippen LogP contribution in [0.5, 0.6) is 0 Å². The lowest BCUT2D eigenvalue weighted by Gasteiger charge is -1.91. The van der Waals surface area contributed by atoms with E-state index in [0.717, 1.165) is 10.7 Å². The lowest BCUT2D eigenvalue weighted by molar-refractivity contribution is 0.557. The highest BCUT2D eigenvalue weighted by Crippen LogP contribution is 2.40. The number of hydrogen-bond donors (Lipinski definition) is 0. The Bertz CT molecular complexity index is 585. The van der Waals surface area contributed by atoms with Crippen molar-refractivity contribution in [3.8, 4) is 6.07 Å². The summed E-state index contributed by atoms with van der Waals surface area (Å²) in [5.74, 6) is 1.31. The number of rotatable bonds is 3. The van der Waals surface area contributed by atoms with Crippen LogP contribution in [0.4, 0.5) is 0 Å². The van der Waals surface area contributed by atoms with Crippen LogP contribution in [0.2, 0.25) is 0 Å². The number of aromatic nitrogens is 1. The van der Waals surface area contributed by atoms with Crippen molar-refractivity contribution in [2.75, 3.05) is 0 Å². The predicted octanol–water partition coefficient (Wildman–Crippen LogP) is 3.68. The lowest BCUT2D eigenvalue weighted by atomic mass is 10.2. The number of furan rings is 1. The highest BCUT2D eigenvalue weighted by Gasteiger charge is 2.26. The Labute approximate surface area is 103 Å². The Hall–Kier alpha value is -1.86. The van der Waals surface area contributed by atoms with E-state index < -0.39 is 0 Å². The van der Waals surface area contributed by atoms with Crippen LogP contribution in [0, 0.1) is 11.3 Å². The second kappa shape index (κ2) is 4.19. The summed E-state index contributed by atoms with van der Waals surface area (Å²) in [6, 6.07) is 5.81. The van der Waals surface area contributed by atoms with Crippen LogP contribution >= 0.6 is 11.3 Å². The van der Waals surface area contributed by atoms with E-state index in [1.165, 1.54) is 24.2 Å². The van der Waals surface area contributed by atoms with E-state index in [1.807, 2.05) is 6.07 Å². The Morgan fingerprint density at radius 3 is 3.12 bits per heavy atom. The van der Waals surface area contributed by atoms with E-state index in [4.69, 9.17) is 9.68 Å². The molecule has 0 radical (unpaired) electrons. The van der Waals surface area contributed by atoms with Gasteiger partial charge >= 0.3 is 0 Å². The van der Waals surface area contributed by atoms with Gasteiger partial charge in [0, 0.05) is 17.4 Å². The van der Waals surface area contributed by atoms with Crippen molar-refractivity contribution in [2.24, 2.45) is 0 Å². The quantitative estimate of drug-likeness (QED) is 0.771. The average Bonchev–Trinajstić information content (AvgIpc) is 2.89. The van der Waals surface area contributed by atoms with E-state index in [1.54, 1.807) is 18.4 Å². The molecule has 1 aliphatic carbocycles. The van der Waals surface area contributed by atoms with E-state index in [0.29, 0.717) is 17.3 Å². The van der Waals surface area contributed by atoms with Gasteiger partial charge in [-0.2, -0.15) is 5.26 Å². The van der Waals surface area contributed by atoms with Crippen molar-refractivity contribution >= 4 is 23.0 Å². The van der Waals surface area contributed by atoms with Crippen LogP contribution in [0.15, 0.2) is 28.2 Å². The third-order valence-electron chi connectivity index (χ3n) is 2.70. The monoisotopic (exact) mass is 242 g/mol. The minimum absolute atomic E-state index is 0.567. The van der Waals surface area contributed by atoms with Crippen LogP contribution in [-0.2, 0) is 0 Å². The summed E-state index contributed by atoms with van der Waals surface area (Å²) in [7, 11) is 0. The molecule has 1 aliphatic rings. The molecule has 3 rings (SSSR count). The zero-order chi connectivity index (χ0) is 11.7. The fourth-order valence-corrected chi connectivity index (χ4v) is 2.50. The zero-order valence-electron chi connectivity index (χ0n) is 9.09. The highest BCUT2D eigenvalue weighted by molar-refractivity contribution is 7.11. The number of nitrogens with zero attached hydrogens (tertiary/aromatic N) is 2. The van der Waals surface area contributed by atoms with E-state index in [-0.39, 0.29) is 0 Å². The van der Waals surface area contributed by atoms with Gasteiger partial charge in [-0.1, -0.05) is 0 Å². The van der Waals surface area contributed by atoms with Crippen molar-refractivity contribution in [3.05, 3.63) is 40.2 Å². The smallest absolute Gasteiger partial charge is 0.134 e. The van der Waals surface area contributed by atoms with Crippen LogP contribution in [0.25, 0.3) is 11.6 Å². The normalized spacial score (nSPS) is 15.8. The zero-order valence-corrected chi connectivity index (χ0v) is 9.91. The van der Waals surface area contributed by atoms with Crippen LogP contribution in [0.1, 0.15) is 35.2 Å². The molecular formula is C13H10N2OS. The standard InChI is InChI=1S/C13H10N2OS/c14-7-10(6-11-2-1-5-16-11)13-15-12(8-17-13)9-3-4-9/h1-2,5-6,8-9H,3-4H2. The minimum Gasteiger partial charge on any atom is -0.465 e. The fourth-order valence-electron chi connectivity index (χ4n) is 1.63. The molecule has 1 saturated carbocycles. The van der Waals surface area contributed by atoms with Crippen LogP contribution in [-0.4, -0.2) is 4.98 Å². The van der Waals surface area contributed by atoms with E-state index >= 15 is 0 Å². The molecule has 0 saturated heterocycles. The second-order valence-corrected chi connectivity index (χ2v) is 4.90. The molecule has 0 amide bonds. The molecule has 0 aliphatic heterocycles. The van der Waals surface area contributed by atoms with E-state index in [9.17, 15) is 0 Å². The Morgan fingerprint density at radius 2 is 2.47 bits per heavy atom. The number of allylic oxidation sites excluding steroid dienone is 1. The topological polar surface area (TPSA) is 49.8 Å². The SMILES string of the molecule is N#CC(=Cc1ccco1)c1nc(C2CC2)cs1. The van der Waals surface area contributed by atoms with Gasteiger partial charge < -0.3 is 4.42 Å². The van der Waals surface area contributed by atoms with Gasteiger partial charge in [0.2, 0.25) is 0 Å². The summed E-state index contributed by atoms with van der Waals surface area (Å²) in [5, 5.41) is 12.0. The van der Waals surface area contributed by atoms with Crippen LogP contribution < -0.4 is 0 Å². The van der Waals surface area contributed by atoms with Crippen molar-refractivity contribution < 1.29 is 4.42 Å². The second-order valence-electron chi connectivity index (χ2n) is 4.04. The molecule has 0 unspecified atom stereocenters. The van der Waals surface area contributed by atoms with Crippen molar-refractivity contribution in [1.82, 2.24) is 4.98 Å². The summed E-state index contributed by atoms with van der Waals surface area (Å²) in [5.41, 5.74) is 1.70. The first-order chi connectivity index (χ1) is 8.36. The summed E-state index contributed by atoms with van der Waals surface area (Å²) >= 11 is 1.53. The molecule has 1 fully saturated rings. The molecule has 0 atom stereocenters. The number of nitriles is 1. The van der Waals surface area contributed by atoms with Gasteiger partial charge in [0.1, 0.15) is 16.8 Å². The van der Waals surface area contributed by atoms with Gasteiger partial charge in [0.05, 0.1) is 17.5 Å². The molecule has 3 nitrogen and oxygen atoms in total. The molecule has 4 heteroatoms. The van der Waals surface area contributed by atoms with Gasteiger partial charge in [-0.05, 0) is 25.0 Å². The van der Waals surface area contributed by atoms with Crippen LogP contribution in [0.3, 0.4) is 0 Å². The van der Waals surface area contributed by atoms with Crippen molar-refractivity contribution in [3.63, 3.8) is 0 Å². The Morgan fingerprint density at radius 1 is 1.59 bits per heavy atom. The molecule has 2 aromatic rings. The van der Waals surface area contributed by atoms with Gasteiger partial charge in [-0.3, -0.25) is 0 Å². The largest absolute Gasteiger partial charge is 0.465 e. The third-order valence-corrected chi connectivity index (χ3v) is 3.59. The summed E-state index contributed by atoms with van der Waals surface area (Å²) in [6.45, 7) is 0. The fraction of sp³-hybridized carbons (Fsp3) is 0.231. The van der Waals surface area contributed by atoms with Gasteiger partial charge in [0.15, 0.2) is 0 Å². The molecule has 0 spiro atoms. The molecule has 0 aromatic carbocycles. The molecule has 2 aromatic heterocycles. The maximum absolute atomic E-state index is 9.15. The van der Waals surface area contributed by atoms with Crippen molar-refractivity contribution in [2.45, 2.75) is 18.8 Å². The predicted molar refractivity (Wildman–Crippen MR) is 66.3 cm³/mol. The Balaban J connectivity index is 1.91. The highest BCUT2D eigenvalue weighted by atomic mass is 32.1. The molecule has 0 N–H and O–H groups in total. The molecule has 17 heavy (non-hydrogen) atoms. The molecule has 0 bridgehead atoms. The maximum Gasteiger partial charge on any atom is 0.134 e. The Kier molecular flexibility index (Phi) is 2.54. The third kappa shape index (κ3) is 2.15. The van der Waals surface area contributed by atoms with Crippen molar-refractivity contribution in [1.29, 1.82) is 5.26 Å². The first kappa shape index (κ1) is 10.3. The van der Waals surface area contributed by atoms with E-state index in [2.05, 4.69) is 16.4 Å². The summed E-state index contributed by atoms with van der Waals surface area (Å²) < 4.78 is 5.20. The number of hydrogen-bond acceptors (Lipinski definition) is 4. The summed E-state index contributed by atoms with van der Waals surface area (Å²) in [4.78, 5) is 4.51. The van der Waals surface area contributed by atoms with Gasteiger partial charge in [-0.15, -0.1) is 11.3 Å². The average molecular weight is 242 g/mol. The first-order valence-corrected chi connectivity index (χ1v) is 6.36.